The van der Waals surface area contributed by atoms with Gasteiger partial charge in [0.25, 0.3) is 0 Å². The van der Waals surface area contributed by atoms with Crippen LogP contribution in [0.1, 0.15) is 104 Å². The summed E-state index contributed by atoms with van der Waals surface area (Å²) < 4.78 is 0. The Labute approximate surface area is 346 Å². The molecule has 0 aliphatic rings. The van der Waals surface area contributed by atoms with Gasteiger partial charge in [-0.05, 0) is 94.3 Å². The molecule has 58 heavy (non-hydrogen) atoms. The zero-order chi connectivity index (χ0) is 41.5. The molecule has 14 heteroatoms. The van der Waals surface area contributed by atoms with Crippen LogP contribution in [-0.2, 0) is 41.6 Å². The second-order valence-corrected chi connectivity index (χ2v) is 15.1. The molecule has 0 aliphatic heterocycles. The van der Waals surface area contributed by atoms with Crippen molar-refractivity contribution >= 4 is 35.3 Å². The molecule has 2 aromatic rings. The van der Waals surface area contributed by atoms with E-state index in [1.807, 2.05) is 74.5 Å². The van der Waals surface area contributed by atoms with E-state index in [9.17, 15) is 33.9 Å². The van der Waals surface area contributed by atoms with Gasteiger partial charge in [-0.1, -0.05) is 89.4 Å². The van der Waals surface area contributed by atoms with Crippen molar-refractivity contribution in [1.29, 1.82) is 0 Å². The van der Waals surface area contributed by atoms with Crippen LogP contribution in [0, 0.1) is 17.8 Å². The molecule has 14 nitrogen and oxygen atoms in total. The van der Waals surface area contributed by atoms with Crippen LogP contribution in [0.3, 0.4) is 0 Å². The molecule has 6 atom stereocenters. The van der Waals surface area contributed by atoms with Gasteiger partial charge in [0.2, 0.25) is 17.7 Å². The summed E-state index contributed by atoms with van der Waals surface area (Å²) >= 11 is 0. The summed E-state index contributed by atoms with van der Waals surface area (Å²) in [5.74, 6) is -4.47. The Morgan fingerprint density at radius 1 is 0.603 bits per heavy atom. The third-order valence-corrected chi connectivity index (χ3v) is 9.73. The fourth-order valence-electron chi connectivity index (χ4n) is 6.47. The Morgan fingerprint density at radius 3 is 1.69 bits per heavy atom. The van der Waals surface area contributed by atoms with E-state index in [2.05, 4.69) is 16.0 Å². The van der Waals surface area contributed by atoms with Gasteiger partial charge in [-0.25, -0.2) is 4.79 Å². The second-order valence-electron chi connectivity index (χ2n) is 15.1. The molecule has 0 bridgehead atoms. The normalized spacial score (nSPS) is 14.0. The summed E-state index contributed by atoms with van der Waals surface area (Å²) in [6, 6.07) is 15.1. The van der Waals surface area contributed by atoms with Crippen LogP contribution in [-0.4, -0.2) is 84.2 Å². The molecule has 0 aliphatic carbocycles. The Morgan fingerprint density at radius 2 is 1.14 bits per heavy atom. The lowest BCUT2D eigenvalue weighted by atomic mass is 9.88. The van der Waals surface area contributed by atoms with Gasteiger partial charge >= 0.3 is 5.97 Å². The molecule has 12 N–H and O–H groups in total. The fraction of sp³-hybridized carbons (Fsp3) is 0.591. The number of hydrogen-bond acceptors (Lipinski definition) is 10. The number of nitrogens with two attached hydrogens (primary N) is 4. The maximum atomic E-state index is 14.0. The van der Waals surface area contributed by atoms with Gasteiger partial charge in [-0.2, -0.15) is 0 Å². The number of aliphatic carboxylic acids is 1. The standard InChI is InChI=1S/C42H65N7O7.2CH4/c1-28(2)23-36(49-40(53)32(24-29-13-5-3-6-14-29)27-37(50)34(46)25-30-15-7-4-8-16-30)38(51)26-31(17-11-20-43)39(52)47-22-10-9-19-35(42(55)56)48-41(54)33(45)18-12-21-44;;/h3-8,13-16,28,31-36H,9-12,17-27,43-46H2,1-2H3,(H,47,52)(H,48,54)(H,49,53)(H,55,56);2*1H4/t31-,32-,33+,34+,35+,36+;;/m0../s1. The summed E-state index contributed by atoms with van der Waals surface area (Å²) in [4.78, 5) is 78.7. The minimum absolute atomic E-state index is 0. The molecule has 0 saturated carbocycles. The van der Waals surface area contributed by atoms with Crippen molar-refractivity contribution in [1.82, 2.24) is 16.0 Å². The van der Waals surface area contributed by atoms with Crippen LogP contribution >= 0.6 is 0 Å². The van der Waals surface area contributed by atoms with Gasteiger partial charge in [0.15, 0.2) is 11.6 Å². The van der Waals surface area contributed by atoms with E-state index in [0.29, 0.717) is 64.5 Å². The third kappa shape index (κ3) is 20.8. The maximum absolute atomic E-state index is 14.0. The monoisotopic (exact) mass is 812 g/mol. The Bertz CT molecular complexity index is 1510. The predicted molar refractivity (Wildman–Crippen MR) is 230 cm³/mol. The molecular weight excluding hydrogens is 739 g/mol. The van der Waals surface area contributed by atoms with Crippen molar-refractivity contribution in [3.8, 4) is 0 Å². The number of rotatable bonds is 29. The molecule has 2 aromatic carbocycles. The zero-order valence-electron chi connectivity index (χ0n) is 33.1. The highest BCUT2D eigenvalue weighted by molar-refractivity contribution is 5.95. The van der Waals surface area contributed by atoms with E-state index in [0.717, 1.165) is 11.1 Å². The molecule has 0 fully saturated rings. The number of amides is 3. The Balaban J connectivity index is 0.0000162. The zero-order valence-corrected chi connectivity index (χ0v) is 33.1. The van der Waals surface area contributed by atoms with E-state index >= 15 is 0 Å². The van der Waals surface area contributed by atoms with E-state index in [1.165, 1.54) is 0 Å². The number of carboxylic acids is 1. The molecule has 0 saturated heterocycles. The molecule has 3 amide bonds. The first kappa shape index (κ1) is 53.5. The molecular formula is C44H73N7O7. The fourth-order valence-corrected chi connectivity index (χ4v) is 6.47. The van der Waals surface area contributed by atoms with Crippen LogP contribution in [0.5, 0.6) is 0 Å². The molecule has 0 unspecified atom stereocenters. The number of carbonyl (C=O) groups excluding carboxylic acids is 5. The molecule has 0 spiro atoms. The SMILES string of the molecule is C.C.CC(C)C[C@@H](NC(=O)[C@H](CC(=O)[C@H](N)Cc1ccccc1)Cc1ccccc1)C(=O)C[C@H](CCCN)C(=O)NCCCC[C@@H](NC(=O)[C@H](N)CCCN)C(=O)O. The van der Waals surface area contributed by atoms with Crippen molar-refractivity contribution in [3.05, 3.63) is 71.8 Å². The number of unbranched alkanes of at least 4 members (excludes halogenated alkanes) is 1. The Hall–Kier alpha value is -4.50. The average Bonchev–Trinajstić information content (AvgIpc) is 3.17. The largest absolute Gasteiger partial charge is 0.480 e. The van der Waals surface area contributed by atoms with Crippen LogP contribution in [0.2, 0.25) is 0 Å². The third-order valence-electron chi connectivity index (χ3n) is 9.73. The van der Waals surface area contributed by atoms with Crippen molar-refractivity contribution in [2.24, 2.45) is 40.7 Å². The number of benzene rings is 2. The van der Waals surface area contributed by atoms with Gasteiger partial charge in [-0.15, -0.1) is 0 Å². The summed E-state index contributed by atoms with van der Waals surface area (Å²) in [6.07, 6.45) is 3.47. The van der Waals surface area contributed by atoms with Crippen molar-refractivity contribution in [3.63, 3.8) is 0 Å². The summed E-state index contributed by atoms with van der Waals surface area (Å²) in [5, 5.41) is 17.9. The van der Waals surface area contributed by atoms with Crippen molar-refractivity contribution in [2.75, 3.05) is 19.6 Å². The minimum Gasteiger partial charge on any atom is -0.480 e. The molecule has 326 valence electrons. The number of nitrogens with one attached hydrogen (secondary N) is 3. The molecule has 2 rings (SSSR count). The smallest absolute Gasteiger partial charge is 0.326 e. The Kier molecular flexibility index (Phi) is 27.4. The van der Waals surface area contributed by atoms with Gasteiger partial charge in [0.05, 0.1) is 18.1 Å². The predicted octanol–water partition coefficient (Wildman–Crippen LogP) is 3.41. The number of carbonyl (C=O) groups is 6. The number of carboxylic acid groups (broad SMARTS) is 1. The van der Waals surface area contributed by atoms with Crippen LogP contribution in [0.4, 0.5) is 0 Å². The highest BCUT2D eigenvalue weighted by Crippen LogP contribution is 2.20. The first-order valence-electron chi connectivity index (χ1n) is 19.9. The van der Waals surface area contributed by atoms with Gasteiger partial charge in [0.1, 0.15) is 6.04 Å². The van der Waals surface area contributed by atoms with Crippen molar-refractivity contribution < 1.29 is 33.9 Å². The summed E-state index contributed by atoms with van der Waals surface area (Å²) in [5.41, 5.74) is 25.2. The quantitative estimate of drug-likeness (QED) is 0.0552. The number of Topliss-reactive ketones (excluding diaryl/α,β-unsaturated/α-hetero) is 2. The van der Waals surface area contributed by atoms with E-state index in [-0.39, 0.29) is 70.5 Å². The van der Waals surface area contributed by atoms with Crippen molar-refractivity contribution in [2.45, 2.75) is 130 Å². The lowest BCUT2D eigenvalue weighted by molar-refractivity contribution is -0.142. The van der Waals surface area contributed by atoms with Gasteiger partial charge < -0.3 is 44.0 Å². The summed E-state index contributed by atoms with van der Waals surface area (Å²) in [6.45, 7) is 4.81. The highest BCUT2D eigenvalue weighted by atomic mass is 16.4. The first-order valence-corrected chi connectivity index (χ1v) is 19.9. The van der Waals surface area contributed by atoms with Crippen LogP contribution in [0.25, 0.3) is 0 Å². The average molecular weight is 812 g/mol. The van der Waals surface area contributed by atoms with E-state index < -0.39 is 53.8 Å². The molecule has 0 radical (unpaired) electrons. The lowest BCUT2D eigenvalue weighted by Gasteiger charge is -2.25. The first-order chi connectivity index (χ1) is 26.7. The van der Waals surface area contributed by atoms with E-state index in [4.69, 9.17) is 22.9 Å². The van der Waals surface area contributed by atoms with Crippen LogP contribution < -0.4 is 38.9 Å². The van der Waals surface area contributed by atoms with Gasteiger partial charge in [0, 0.05) is 31.2 Å². The lowest BCUT2D eigenvalue weighted by Crippen LogP contribution is -2.48. The molecule has 0 heterocycles. The van der Waals surface area contributed by atoms with E-state index in [1.54, 1.807) is 0 Å². The molecule has 0 aromatic heterocycles. The summed E-state index contributed by atoms with van der Waals surface area (Å²) in [7, 11) is 0. The van der Waals surface area contributed by atoms with Gasteiger partial charge in [-0.3, -0.25) is 24.0 Å². The number of hydrogen-bond donors (Lipinski definition) is 8. The van der Waals surface area contributed by atoms with Crippen LogP contribution in [0.15, 0.2) is 60.7 Å². The highest BCUT2D eigenvalue weighted by Gasteiger charge is 2.32. The topological polar surface area (TPSA) is 263 Å². The maximum Gasteiger partial charge on any atom is 0.326 e. The second kappa shape index (κ2) is 29.7. The number of ketones is 2. The minimum atomic E-state index is -1.18.